The summed E-state index contributed by atoms with van der Waals surface area (Å²) in [6.07, 6.45) is 0.786. The third kappa shape index (κ3) is 4.58. The molecule has 22 heavy (non-hydrogen) atoms. The summed E-state index contributed by atoms with van der Waals surface area (Å²) in [4.78, 5) is 0. The lowest BCUT2D eigenvalue weighted by atomic mass is 10.2. The van der Waals surface area contributed by atoms with Gasteiger partial charge in [-0.25, -0.2) is 0 Å². The first kappa shape index (κ1) is 16.0. The molecule has 2 aromatic carbocycles. The molecule has 0 bridgehead atoms. The molecule has 0 unspecified atom stereocenters. The maximum atomic E-state index is 5.76. The Labute approximate surface area is 131 Å². The van der Waals surface area contributed by atoms with Crippen LogP contribution in [-0.4, -0.2) is 19.8 Å². The predicted octanol–water partition coefficient (Wildman–Crippen LogP) is 3.82. The first-order valence-electron chi connectivity index (χ1n) is 7.54. The maximum Gasteiger partial charge on any atom is 0.161 e. The summed E-state index contributed by atoms with van der Waals surface area (Å²) < 4.78 is 17.0. The summed E-state index contributed by atoms with van der Waals surface area (Å²) in [5.41, 5.74) is 7.55. The molecular weight excluding hydrogens is 278 g/mol. The molecule has 0 amide bonds. The predicted molar refractivity (Wildman–Crippen MR) is 88.8 cm³/mol. The third-order valence-corrected chi connectivity index (χ3v) is 3.17. The molecule has 2 N–H and O–H groups in total. The molecule has 0 aliphatic rings. The molecule has 0 aliphatic heterocycles. The average Bonchev–Trinajstić information content (AvgIpc) is 2.52. The smallest absolute Gasteiger partial charge is 0.161 e. The normalized spacial score (nSPS) is 10.3. The topological polar surface area (TPSA) is 53.7 Å². The van der Waals surface area contributed by atoms with Crippen molar-refractivity contribution in [2.24, 2.45) is 0 Å². The molecular formula is C18H23NO3. The second-order valence-corrected chi connectivity index (χ2v) is 4.96. The lowest BCUT2D eigenvalue weighted by molar-refractivity contribution is 0.235. The van der Waals surface area contributed by atoms with E-state index in [1.165, 1.54) is 0 Å². The van der Waals surface area contributed by atoms with Crippen molar-refractivity contribution in [2.75, 3.05) is 25.6 Å². The SMILES string of the molecule is CCOc1ccccc1OCCCOc1cc(N)ccc1C. The zero-order valence-electron chi connectivity index (χ0n) is 13.2. The van der Waals surface area contributed by atoms with Gasteiger partial charge in [0.25, 0.3) is 0 Å². The number of hydrogen-bond acceptors (Lipinski definition) is 4. The monoisotopic (exact) mass is 301 g/mol. The Bertz CT molecular complexity index is 599. The summed E-state index contributed by atoms with van der Waals surface area (Å²) in [6.45, 7) is 5.74. The van der Waals surface area contributed by atoms with Crippen LogP contribution in [0.3, 0.4) is 0 Å². The number of rotatable bonds is 8. The van der Waals surface area contributed by atoms with Crippen LogP contribution in [0.25, 0.3) is 0 Å². The number of nitrogen functional groups attached to an aromatic ring is 1. The van der Waals surface area contributed by atoms with Crippen LogP contribution in [-0.2, 0) is 0 Å². The van der Waals surface area contributed by atoms with Crippen molar-refractivity contribution in [3.05, 3.63) is 48.0 Å². The highest BCUT2D eigenvalue weighted by Crippen LogP contribution is 2.26. The van der Waals surface area contributed by atoms with Crippen LogP contribution in [0.5, 0.6) is 17.2 Å². The molecule has 4 nitrogen and oxygen atoms in total. The van der Waals surface area contributed by atoms with Crippen molar-refractivity contribution >= 4 is 5.69 Å². The van der Waals surface area contributed by atoms with Gasteiger partial charge in [0.05, 0.1) is 19.8 Å². The minimum atomic E-state index is 0.575. The minimum Gasteiger partial charge on any atom is -0.493 e. The van der Waals surface area contributed by atoms with Gasteiger partial charge in [-0.1, -0.05) is 18.2 Å². The van der Waals surface area contributed by atoms with Crippen LogP contribution >= 0.6 is 0 Å². The van der Waals surface area contributed by atoms with E-state index in [2.05, 4.69) is 0 Å². The number of benzene rings is 2. The Hall–Kier alpha value is -2.36. The molecule has 0 atom stereocenters. The van der Waals surface area contributed by atoms with Gasteiger partial charge in [0.15, 0.2) is 11.5 Å². The summed E-state index contributed by atoms with van der Waals surface area (Å²) in [7, 11) is 0. The van der Waals surface area contributed by atoms with Gasteiger partial charge in [0.2, 0.25) is 0 Å². The summed E-state index contributed by atoms with van der Waals surface area (Å²) in [6, 6.07) is 13.4. The molecule has 0 spiro atoms. The molecule has 0 radical (unpaired) electrons. The number of nitrogens with two attached hydrogens (primary N) is 1. The Morgan fingerprint density at radius 1 is 0.864 bits per heavy atom. The van der Waals surface area contributed by atoms with E-state index in [0.717, 1.165) is 29.2 Å². The summed E-state index contributed by atoms with van der Waals surface area (Å²) in [5, 5.41) is 0. The molecule has 2 rings (SSSR count). The third-order valence-electron chi connectivity index (χ3n) is 3.17. The van der Waals surface area contributed by atoms with Crippen molar-refractivity contribution in [1.29, 1.82) is 0 Å². The van der Waals surface area contributed by atoms with E-state index in [-0.39, 0.29) is 0 Å². The highest BCUT2D eigenvalue weighted by atomic mass is 16.5. The quantitative estimate of drug-likeness (QED) is 0.595. The molecule has 0 heterocycles. The van der Waals surface area contributed by atoms with Crippen LogP contribution in [0, 0.1) is 6.92 Å². The zero-order valence-corrected chi connectivity index (χ0v) is 13.2. The van der Waals surface area contributed by atoms with E-state index in [1.54, 1.807) is 0 Å². The molecule has 0 fully saturated rings. The Morgan fingerprint density at radius 3 is 2.18 bits per heavy atom. The summed E-state index contributed by atoms with van der Waals surface area (Å²) in [5.74, 6) is 2.37. The van der Waals surface area contributed by atoms with Gasteiger partial charge >= 0.3 is 0 Å². The molecule has 4 heteroatoms. The minimum absolute atomic E-state index is 0.575. The maximum absolute atomic E-state index is 5.76. The van der Waals surface area contributed by atoms with Crippen molar-refractivity contribution in [3.63, 3.8) is 0 Å². The van der Waals surface area contributed by atoms with Gasteiger partial charge in [-0.3, -0.25) is 0 Å². The number of hydrogen-bond donors (Lipinski definition) is 1. The molecule has 0 aliphatic carbocycles. The van der Waals surface area contributed by atoms with Gasteiger partial charge in [-0.2, -0.15) is 0 Å². The molecule has 0 saturated carbocycles. The van der Waals surface area contributed by atoms with Gasteiger partial charge in [0.1, 0.15) is 5.75 Å². The number of para-hydroxylation sites is 2. The summed E-state index contributed by atoms with van der Waals surface area (Å²) >= 11 is 0. The molecule has 118 valence electrons. The highest BCUT2D eigenvalue weighted by Gasteiger charge is 2.04. The van der Waals surface area contributed by atoms with Crippen molar-refractivity contribution in [3.8, 4) is 17.2 Å². The van der Waals surface area contributed by atoms with Crippen LogP contribution in [0.1, 0.15) is 18.9 Å². The fourth-order valence-corrected chi connectivity index (χ4v) is 2.04. The Morgan fingerprint density at radius 2 is 1.50 bits per heavy atom. The molecule has 2 aromatic rings. The van der Waals surface area contributed by atoms with Crippen LogP contribution in [0.2, 0.25) is 0 Å². The van der Waals surface area contributed by atoms with Gasteiger partial charge < -0.3 is 19.9 Å². The second kappa shape index (κ2) is 8.17. The van der Waals surface area contributed by atoms with E-state index in [0.29, 0.717) is 25.5 Å². The molecule has 0 saturated heterocycles. The van der Waals surface area contributed by atoms with Crippen LogP contribution < -0.4 is 19.9 Å². The number of anilines is 1. The lowest BCUT2D eigenvalue weighted by Crippen LogP contribution is -2.06. The van der Waals surface area contributed by atoms with Crippen LogP contribution in [0.4, 0.5) is 5.69 Å². The number of ether oxygens (including phenoxy) is 3. The lowest BCUT2D eigenvalue weighted by Gasteiger charge is -2.12. The number of aryl methyl sites for hydroxylation is 1. The van der Waals surface area contributed by atoms with E-state index >= 15 is 0 Å². The van der Waals surface area contributed by atoms with Gasteiger partial charge in [0, 0.05) is 18.2 Å². The fraction of sp³-hybridized carbons (Fsp3) is 0.333. The van der Waals surface area contributed by atoms with Crippen LogP contribution in [0.15, 0.2) is 42.5 Å². The van der Waals surface area contributed by atoms with Crippen molar-refractivity contribution in [2.45, 2.75) is 20.3 Å². The van der Waals surface area contributed by atoms with Gasteiger partial charge in [-0.05, 0) is 37.6 Å². The van der Waals surface area contributed by atoms with E-state index in [4.69, 9.17) is 19.9 Å². The van der Waals surface area contributed by atoms with E-state index in [1.807, 2.05) is 56.3 Å². The van der Waals surface area contributed by atoms with E-state index in [9.17, 15) is 0 Å². The van der Waals surface area contributed by atoms with E-state index < -0.39 is 0 Å². The first-order valence-corrected chi connectivity index (χ1v) is 7.54. The standard InChI is InChI=1S/C18H23NO3/c1-3-20-16-7-4-5-8-17(16)21-11-6-12-22-18-13-15(19)10-9-14(18)2/h4-5,7-10,13H,3,6,11-12,19H2,1-2H3. The first-order chi connectivity index (χ1) is 10.7. The van der Waals surface area contributed by atoms with Gasteiger partial charge in [-0.15, -0.1) is 0 Å². The Balaban J connectivity index is 1.77. The van der Waals surface area contributed by atoms with Crippen molar-refractivity contribution < 1.29 is 14.2 Å². The largest absolute Gasteiger partial charge is 0.493 e. The second-order valence-electron chi connectivity index (χ2n) is 4.96. The average molecular weight is 301 g/mol. The Kier molecular flexibility index (Phi) is 5.95. The molecule has 0 aromatic heterocycles. The zero-order chi connectivity index (χ0) is 15.8. The van der Waals surface area contributed by atoms with Crippen molar-refractivity contribution in [1.82, 2.24) is 0 Å². The highest BCUT2D eigenvalue weighted by molar-refractivity contribution is 5.47. The fourth-order valence-electron chi connectivity index (χ4n) is 2.04.